The summed E-state index contributed by atoms with van der Waals surface area (Å²) < 4.78 is 0. The number of nitrogens with two attached hydrogens (primary N) is 5. The van der Waals surface area contributed by atoms with Crippen LogP contribution < -0.4 is 65.9 Å². The number of primary amides is 1. The minimum atomic E-state index is -1.24. The largest absolute Gasteiger partial charge is 0.370 e. The number of fused-ring (bicyclic) bond motifs is 1. The van der Waals surface area contributed by atoms with Crippen LogP contribution in [-0.2, 0) is 43.2 Å². The molecule has 2 fully saturated rings. The van der Waals surface area contributed by atoms with Crippen LogP contribution in [0.4, 0.5) is 0 Å². The van der Waals surface area contributed by atoms with Gasteiger partial charge in [-0.05, 0) is 69.3 Å². The fourth-order valence-corrected chi connectivity index (χ4v) is 9.53. The van der Waals surface area contributed by atoms with E-state index in [4.69, 9.17) is 28.7 Å². The number of amides is 9. The lowest BCUT2D eigenvalue weighted by Gasteiger charge is -2.31. The molecular weight excluding hydrogens is 907 g/mol. The van der Waals surface area contributed by atoms with E-state index in [1.54, 1.807) is 0 Å². The van der Waals surface area contributed by atoms with Crippen molar-refractivity contribution in [1.82, 2.24) is 42.1 Å². The van der Waals surface area contributed by atoms with Crippen molar-refractivity contribution >= 4 is 98.4 Å². The molecule has 27 heteroatoms. The molecule has 2 saturated heterocycles. The molecule has 2 rings (SSSR count). The molecule has 0 bridgehead atoms. The van der Waals surface area contributed by atoms with Gasteiger partial charge in [-0.2, -0.15) is 11.8 Å². The highest BCUT2D eigenvalue weighted by Gasteiger charge is 2.40. The molecule has 17 N–H and O–H groups in total. The normalized spacial score (nSPS) is 24.8. The Hall–Kier alpha value is -5.18. The number of carbonyl (C=O) groups excluding carboxylic acids is 9. The third kappa shape index (κ3) is 21.1. The fourth-order valence-electron chi connectivity index (χ4n) is 6.72. The summed E-state index contributed by atoms with van der Waals surface area (Å²) in [6.45, 7) is 4.62. The van der Waals surface area contributed by atoms with Gasteiger partial charge in [0.05, 0.1) is 6.54 Å². The average molecular weight is 974 g/mol. The van der Waals surface area contributed by atoms with Crippen LogP contribution in [0.2, 0.25) is 0 Å². The Morgan fingerprint density at radius 3 is 1.89 bits per heavy atom. The Kier molecular flexibility index (Phi) is 25.3. The van der Waals surface area contributed by atoms with E-state index in [1.165, 1.54) is 23.6 Å². The third-order valence-corrected chi connectivity index (χ3v) is 13.0. The van der Waals surface area contributed by atoms with Crippen molar-refractivity contribution in [1.29, 1.82) is 0 Å². The lowest BCUT2D eigenvalue weighted by Crippen LogP contribution is -2.60. The monoisotopic (exact) mass is 973 g/mol. The summed E-state index contributed by atoms with van der Waals surface area (Å²) in [6, 6.07) is -8.16. The minimum absolute atomic E-state index is 0.00982. The first-order chi connectivity index (χ1) is 30.7. The molecule has 0 aliphatic carbocycles. The van der Waals surface area contributed by atoms with Crippen LogP contribution in [0.25, 0.3) is 0 Å². The van der Waals surface area contributed by atoms with E-state index in [0.717, 1.165) is 21.6 Å². The van der Waals surface area contributed by atoms with Gasteiger partial charge < -0.3 is 70.8 Å². The van der Waals surface area contributed by atoms with Gasteiger partial charge in [-0.25, -0.2) is 0 Å². The molecule has 0 aromatic heterocycles. The van der Waals surface area contributed by atoms with Crippen molar-refractivity contribution in [2.45, 2.75) is 114 Å². The first kappa shape index (κ1) is 56.0. The molecule has 2 heterocycles. The standard InChI is InChI=1S/C38H67N15O9S3/c1-20(2)16-25-34(60)50-24(9-6-13-45-38(42)43)36(62)53-14-7-10-28(53)35(61)49-23(11-15-63-4)33(59)52-26(30(39)56)18-64-65-19-27(47-21(3)54)31(57)46-17-29(55)48-22(32(58)51-25)8-5-12-44-37(40)41/h20,22-28H,5-19H2,1-4H3,(H2,39,56)(H,46,57)(H,47,54)(H,48,55)(H,49,61)(H,50,60)(H,51,58)(H,52,59)(H4,40,41,44)(H4,42,43,45)/t22-,23-,24-,25-,26+,27-,28-/m1/s1. The van der Waals surface area contributed by atoms with E-state index in [-0.39, 0.29) is 93.9 Å². The number of carbonyl (C=O) groups is 9. The zero-order valence-corrected chi connectivity index (χ0v) is 39.8. The lowest BCUT2D eigenvalue weighted by atomic mass is 10.0. The second-order valence-electron chi connectivity index (χ2n) is 15.8. The number of aliphatic imine (C=N–C) groups is 2. The number of hydrogen-bond acceptors (Lipinski definition) is 14. The van der Waals surface area contributed by atoms with Crippen molar-refractivity contribution in [3.05, 3.63) is 0 Å². The molecule has 7 atom stereocenters. The van der Waals surface area contributed by atoms with Crippen LogP contribution in [0.3, 0.4) is 0 Å². The minimum Gasteiger partial charge on any atom is -0.370 e. The van der Waals surface area contributed by atoms with Gasteiger partial charge in [0.1, 0.15) is 42.3 Å². The number of rotatable bonds is 15. The molecule has 9 amide bonds. The van der Waals surface area contributed by atoms with Crippen molar-refractivity contribution in [3.63, 3.8) is 0 Å². The summed E-state index contributed by atoms with van der Waals surface area (Å²) in [6.07, 6.45) is 3.29. The number of thioether (sulfide) groups is 1. The van der Waals surface area contributed by atoms with Crippen LogP contribution in [0.5, 0.6) is 0 Å². The van der Waals surface area contributed by atoms with Crippen molar-refractivity contribution < 1.29 is 43.2 Å². The van der Waals surface area contributed by atoms with E-state index < -0.39 is 102 Å². The maximum Gasteiger partial charge on any atom is 0.245 e. The quantitative estimate of drug-likeness (QED) is 0.0320. The van der Waals surface area contributed by atoms with Crippen molar-refractivity contribution in [3.8, 4) is 0 Å². The van der Waals surface area contributed by atoms with Gasteiger partial charge in [-0.15, -0.1) is 0 Å². The Bertz CT molecular complexity index is 1730. The average Bonchev–Trinajstić information content (AvgIpc) is 3.73. The highest BCUT2D eigenvalue weighted by Crippen LogP contribution is 2.24. The molecule has 0 unspecified atom stereocenters. The Morgan fingerprint density at radius 2 is 1.31 bits per heavy atom. The molecule has 0 radical (unpaired) electrons. The molecule has 0 saturated carbocycles. The summed E-state index contributed by atoms with van der Waals surface area (Å²) in [5, 5.41) is 18.4. The third-order valence-electron chi connectivity index (χ3n) is 9.91. The van der Waals surface area contributed by atoms with Crippen LogP contribution in [0.1, 0.15) is 72.1 Å². The van der Waals surface area contributed by atoms with Gasteiger partial charge in [0.15, 0.2) is 11.9 Å². The summed E-state index contributed by atoms with van der Waals surface area (Å²) in [4.78, 5) is 131. The topological polar surface area (TPSA) is 396 Å². The zero-order valence-electron chi connectivity index (χ0n) is 37.4. The predicted molar refractivity (Wildman–Crippen MR) is 251 cm³/mol. The first-order valence-electron chi connectivity index (χ1n) is 21.2. The lowest BCUT2D eigenvalue weighted by molar-refractivity contribution is -0.142. The van der Waals surface area contributed by atoms with E-state index in [1.807, 2.05) is 20.1 Å². The zero-order chi connectivity index (χ0) is 48.6. The van der Waals surface area contributed by atoms with Crippen LogP contribution in [0, 0.1) is 5.92 Å². The van der Waals surface area contributed by atoms with Crippen LogP contribution in [0.15, 0.2) is 9.98 Å². The number of nitrogens with one attached hydrogen (secondary N) is 7. The summed E-state index contributed by atoms with van der Waals surface area (Å²) in [5.41, 5.74) is 27.6. The molecule has 65 heavy (non-hydrogen) atoms. The van der Waals surface area contributed by atoms with Crippen molar-refractivity contribution in [2.75, 3.05) is 49.7 Å². The number of hydrogen-bond donors (Lipinski definition) is 12. The maximum absolute atomic E-state index is 14.4. The number of nitrogens with zero attached hydrogens (tertiary/aromatic N) is 3. The summed E-state index contributed by atoms with van der Waals surface area (Å²) >= 11 is 1.42. The van der Waals surface area contributed by atoms with E-state index in [9.17, 15) is 43.2 Å². The van der Waals surface area contributed by atoms with E-state index in [0.29, 0.717) is 12.2 Å². The van der Waals surface area contributed by atoms with Crippen LogP contribution >= 0.6 is 33.3 Å². The van der Waals surface area contributed by atoms with Gasteiger partial charge in [0.2, 0.25) is 53.2 Å². The fraction of sp³-hybridized carbons (Fsp3) is 0.711. The smallest absolute Gasteiger partial charge is 0.245 e. The predicted octanol–water partition coefficient (Wildman–Crippen LogP) is -4.19. The Morgan fingerprint density at radius 1 is 0.754 bits per heavy atom. The highest BCUT2D eigenvalue weighted by atomic mass is 33.1. The molecule has 0 aromatic carbocycles. The molecule has 2 aliphatic heterocycles. The van der Waals surface area contributed by atoms with Gasteiger partial charge in [-0.1, -0.05) is 35.4 Å². The van der Waals surface area contributed by atoms with Gasteiger partial charge in [0, 0.05) is 38.1 Å². The molecule has 366 valence electrons. The van der Waals surface area contributed by atoms with Crippen LogP contribution in [-0.4, -0.2) is 162 Å². The van der Waals surface area contributed by atoms with Gasteiger partial charge >= 0.3 is 0 Å². The van der Waals surface area contributed by atoms with E-state index in [2.05, 4.69) is 47.2 Å². The van der Waals surface area contributed by atoms with Gasteiger partial charge in [0.25, 0.3) is 0 Å². The molecule has 0 aromatic rings. The number of guanidine groups is 2. The molecule has 0 spiro atoms. The maximum atomic E-state index is 14.4. The Balaban J connectivity index is 2.62. The molecule has 2 aliphatic rings. The van der Waals surface area contributed by atoms with Crippen molar-refractivity contribution in [2.24, 2.45) is 44.6 Å². The molecular formula is C38H67N15O9S3. The second-order valence-corrected chi connectivity index (χ2v) is 19.3. The van der Waals surface area contributed by atoms with E-state index >= 15 is 0 Å². The first-order valence-corrected chi connectivity index (χ1v) is 25.1. The summed E-state index contributed by atoms with van der Waals surface area (Å²) in [5.74, 6) is -6.43. The summed E-state index contributed by atoms with van der Waals surface area (Å²) in [7, 11) is 2.16. The van der Waals surface area contributed by atoms with Gasteiger partial charge in [-0.3, -0.25) is 53.1 Å². The highest BCUT2D eigenvalue weighted by molar-refractivity contribution is 8.76. The SMILES string of the molecule is CSCC[C@H]1NC(=O)[C@H]2CCCN2C(=O)[C@@H](CCCN=C(N)N)NC(=O)[C@@H](CC(C)C)NC(=O)[C@@H](CCCN=C(N)N)NC(=O)CNC(=O)[C@H](NC(C)=O)CSSC[C@@H](C(N)=O)NC1=O. The molecule has 24 nitrogen and oxygen atoms in total. The Labute approximate surface area is 391 Å². The second kappa shape index (κ2) is 29.4.